The van der Waals surface area contributed by atoms with Crippen LogP contribution in [0.3, 0.4) is 0 Å². The van der Waals surface area contributed by atoms with Crippen molar-refractivity contribution in [2.45, 2.75) is 17.9 Å². The van der Waals surface area contributed by atoms with Crippen LogP contribution in [0.2, 0.25) is 0 Å². The zero-order valence-electron chi connectivity index (χ0n) is 7.04. The number of benzene rings is 1. The molecule has 3 heteroatoms. The third-order valence-electron chi connectivity index (χ3n) is 1.65. The monoisotopic (exact) mass is 186 g/mol. The number of hydrogen-bond acceptors (Lipinski definition) is 2. The summed E-state index contributed by atoms with van der Waals surface area (Å²) in [6.45, 7) is 1.63. The maximum absolute atomic E-state index is 13.1. The van der Waals surface area contributed by atoms with Gasteiger partial charge in [-0.1, -0.05) is 12.1 Å². The van der Waals surface area contributed by atoms with E-state index < -0.39 is 6.10 Å². The van der Waals surface area contributed by atoms with Gasteiger partial charge in [-0.25, -0.2) is 4.39 Å². The second-order valence-electron chi connectivity index (χ2n) is 2.54. The summed E-state index contributed by atoms with van der Waals surface area (Å²) in [4.78, 5) is 0.535. The topological polar surface area (TPSA) is 20.2 Å². The summed E-state index contributed by atoms with van der Waals surface area (Å²) in [7, 11) is 0. The van der Waals surface area contributed by atoms with E-state index in [1.165, 1.54) is 17.8 Å². The molecule has 12 heavy (non-hydrogen) atoms. The van der Waals surface area contributed by atoms with Gasteiger partial charge in [-0.2, -0.15) is 0 Å². The Morgan fingerprint density at radius 2 is 2.17 bits per heavy atom. The molecule has 0 radical (unpaired) electrons. The predicted molar refractivity (Wildman–Crippen MR) is 48.8 cm³/mol. The van der Waals surface area contributed by atoms with Crippen LogP contribution in [0.25, 0.3) is 0 Å². The summed E-state index contributed by atoms with van der Waals surface area (Å²) < 4.78 is 13.1. The fourth-order valence-corrected chi connectivity index (χ4v) is 1.81. The zero-order chi connectivity index (χ0) is 9.14. The number of hydrogen-bond donors (Lipinski definition) is 1. The quantitative estimate of drug-likeness (QED) is 0.716. The molecule has 0 unspecified atom stereocenters. The van der Waals surface area contributed by atoms with Gasteiger partial charge in [0.1, 0.15) is 5.82 Å². The maximum Gasteiger partial charge on any atom is 0.137 e. The highest BCUT2D eigenvalue weighted by atomic mass is 32.2. The van der Waals surface area contributed by atoms with E-state index in [9.17, 15) is 9.50 Å². The SMILES string of the molecule is CSc1c(F)cccc1[C@@H](C)O. The van der Waals surface area contributed by atoms with Crippen LogP contribution in [0.4, 0.5) is 4.39 Å². The molecule has 0 spiro atoms. The van der Waals surface area contributed by atoms with Crippen LogP contribution in [0, 0.1) is 5.82 Å². The van der Waals surface area contributed by atoms with Crippen molar-refractivity contribution >= 4 is 11.8 Å². The van der Waals surface area contributed by atoms with Crippen LogP contribution >= 0.6 is 11.8 Å². The Balaban J connectivity index is 3.18. The lowest BCUT2D eigenvalue weighted by atomic mass is 10.1. The van der Waals surface area contributed by atoms with Gasteiger partial charge in [-0.15, -0.1) is 11.8 Å². The maximum atomic E-state index is 13.1. The number of halogens is 1. The predicted octanol–water partition coefficient (Wildman–Crippen LogP) is 2.60. The van der Waals surface area contributed by atoms with Crippen LogP contribution in [0.5, 0.6) is 0 Å². The Labute approximate surface area is 75.6 Å². The standard InChI is InChI=1S/C9H11FOS/c1-6(11)7-4-3-5-8(10)9(7)12-2/h3-6,11H,1-2H3/t6-/m1/s1. The third-order valence-corrected chi connectivity index (χ3v) is 2.49. The van der Waals surface area contributed by atoms with E-state index >= 15 is 0 Å². The summed E-state index contributed by atoms with van der Waals surface area (Å²) in [5, 5.41) is 9.28. The largest absolute Gasteiger partial charge is 0.389 e. The van der Waals surface area contributed by atoms with E-state index in [0.717, 1.165) is 0 Å². The van der Waals surface area contributed by atoms with Crippen molar-refractivity contribution in [1.82, 2.24) is 0 Å². The third kappa shape index (κ3) is 1.79. The Morgan fingerprint density at radius 1 is 1.50 bits per heavy atom. The molecule has 0 aliphatic heterocycles. The zero-order valence-corrected chi connectivity index (χ0v) is 7.86. The van der Waals surface area contributed by atoms with Gasteiger partial charge in [0.15, 0.2) is 0 Å². The van der Waals surface area contributed by atoms with Gasteiger partial charge in [-0.3, -0.25) is 0 Å². The van der Waals surface area contributed by atoms with Crippen molar-refractivity contribution < 1.29 is 9.50 Å². The first-order valence-corrected chi connectivity index (χ1v) is 4.89. The van der Waals surface area contributed by atoms with Crippen molar-refractivity contribution in [3.8, 4) is 0 Å². The Bertz CT molecular complexity index is 273. The second kappa shape index (κ2) is 3.92. The molecule has 0 fully saturated rings. The van der Waals surface area contributed by atoms with Gasteiger partial charge in [0.2, 0.25) is 0 Å². The number of aliphatic hydroxyl groups excluding tert-OH is 1. The van der Waals surface area contributed by atoms with Gasteiger partial charge in [0.05, 0.1) is 6.10 Å². The first kappa shape index (κ1) is 9.55. The highest BCUT2D eigenvalue weighted by Crippen LogP contribution is 2.27. The molecule has 0 saturated carbocycles. The highest BCUT2D eigenvalue weighted by Gasteiger charge is 2.10. The van der Waals surface area contributed by atoms with Gasteiger partial charge in [0.25, 0.3) is 0 Å². The number of thioether (sulfide) groups is 1. The molecule has 0 aliphatic rings. The van der Waals surface area contributed by atoms with Crippen molar-refractivity contribution in [3.05, 3.63) is 29.6 Å². The summed E-state index contributed by atoms with van der Waals surface area (Å²) in [6, 6.07) is 4.74. The molecular weight excluding hydrogens is 175 g/mol. The molecule has 0 heterocycles. The minimum absolute atomic E-state index is 0.263. The van der Waals surface area contributed by atoms with Crippen molar-refractivity contribution in [2.24, 2.45) is 0 Å². The first-order valence-electron chi connectivity index (χ1n) is 3.67. The van der Waals surface area contributed by atoms with Crippen molar-refractivity contribution in [3.63, 3.8) is 0 Å². The Morgan fingerprint density at radius 3 is 2.58 bits per heavy atom. The van der Waals surface area contributed by atoms with Crippen molar-refractivity contribution in [2.75, 3.05) is 6.26 Å². The summed E-state index contributed by atoms with van der Waals surface area (Å²) in [5.41, 5.74) is 0.655. The minimum atomic E-state index is -0.608. The number of rotatable bonds is 2. The molecule has 1 N–H and O–H groups in total. The lowest BCUT2D eigenvalue weighted by Gasteiger charge is -2.09. The van der Waals surface area contributed by atoms with Crippen molar-refractivity contribution in [1.29, 1.82) is 0 Å². The van der Waals surface area contributed by atoms with Gasteiger partial charge in [0, 0.05) is 4.90 Å². The lowest BCUT2D eigenvalue weighted by Crippen LogP contribution is -1.95. The molecule has 1 rings (SSSR count). The Kier molecular flexibility index (Phi) is 3.12. The second-order valence-corrected chi connectivity index (χ2v) is 3.35. The van der Waals surface area contributed by atoms with Crippen LogP contribution < -0.4 is 0 Å². The van der Waals surface area contributed by atoms with E-state index in [0.29, 0.717) is 10.5 Å². The summed E-state index contributed by atoms with van der Waals surface area (Å²) in [5.74, 6) is -0.263. The first-order chi connectivity index (χ1) is 5.66. The summed E-state index contributed by atoms with van der Waals surface area (Å²) in [6.07, 6.45) is 1.19. The molecule has 1 aromatic rings. The van der Waals surface area contributed by atoms with Crippen LogP contribution in [-0.4, -0.2) is 11.4 Å². The highest BCUT2D eigenvalue weighted by molar-refractivity contribution is 7.98. The summed E-state index contributed by atoms with van der Waals surface area (Å²) >= 11 is 1.32. The molecule has 0 aliphatic carbocycles. The molecule has 1 aromatic carbocycles. The minimum Gasteiger partial charge on any atom is -0.389 e. The molecule has 0 bridgehead atoms. The Hall–Kier alpha value is -0.540. The van der Waals surface area contributed by atoms with E-state index in [2.05, 4.69) is 0 Å². The van der Waals surface area contributed by atoms with E-state index in [1.54, 1.807) is 25.3 Å². The molecule has 0 saturated heterocycles. The molecule has 0 aromatic heterocycles. The molecule has 1 nitrogen and oxygen atoms in total. The van der Waals surface area contributed by atoms with E-state index in [1.807, 2.05) is 0 Å². The fraction of sp³-hybridized carbons (Fsp3) is 0.333. The van der Waals surface area contributed by atoms with Crippen LogP contribution in [0.15, 0.2) is 23.1 Å². The lowest BCUT2D eigenvalue weighted by molar-refractivity contribution is 0.195. The molecule has 0 amide bonds. The fourth-order valence-electron chi connectivity index (χ4n) is 1.07. The van der Waals surface area contributed by atoms with E-state index in [-0.39, 0.29) is 5.82 Å². The average Bonchev–Trinajstić information content (AvgIpc) is 2.03. The molecule has 1 atom stereocenters. The average molecular weight is 186 g/mol. The van der Waals surface area contributed by atoms with Gasteiger partial charge < -0.3 is 5.11 Å². The van der Waals surface area contributed by atoms with Gasteiger partial charge in [-0.05, 0) is 24.8 Å². The van der Waals surface area contributed by atoms with Crippen LogP contribution in [-0.2, 0) is 0 Å². The molecular formula is C9H11FOS. The molecule has 66 valence electrons. The smallest absolute Gasteiger partial charge is 0.137 e. The van der Waals surface area contributed by atoms with E-state index in [4.69, 9.17) is 0 Å². The van der Waals surface area contributed by atoms with Gasteiger partial charge >= 0.3 is 0 Å². The normalized spacial score (nSPS) is 13.0. The van der Waals surface area contributed by atoms with Crippen LogP contribution in [0.1, 0.15) is 18.6 Å². The number of aliphatic hydroxyl groups is 1.